The number of unbranched alkanes of at least 4 members (excludes halogenated alkanes) is 1. The molecule has 3 nitrogen and oxygen atoms in total. The number of carbonyl (C=O) groups is 1. The summed E-state index contributed by atoms with van der Waals surface area (Å²) in [7, 11) is 0. The first kappa shape index (κ1) is 11.9. The minimum absolute atomic E-state index is 0.00514. The molecule has 1 saturated heterocycles. The summed E-state index contributed by atoms with van der Waals surface area (Å²) in [5.41, 5.74) is 0. The zero-order valence-electron chi connectivity index (χ0n) is 9.25. The number of rotatable bonds is 5. The van der Waals surface area contributed by atoms with E-state index in [1.54, 1.807) is 0 Å². The van der Waals surface area contributed by atoms with Gasteiger partial charge in [-0.1, -0.05) is 0 Å². The molecule has 0 aromatic carbocycles. The maximum absolute atomic E-state index is 11.6. The average molecular weight is 216 g/mol. The largest absolute Gasteiger partial charge is 0.326 e. The van der Waals surface area contributed by atoms with E-state index >= 15 is 0 Å². The zero-order chi connectivity index (χ0) is 10.6. The summed E-state index contributed by atoms with van der Waals surface area (Å²) in [5, 5.41) is 3.23. The third kappa shape index (κ3) is 2.89. The quantitative estimate of drug-likeness (QED) is 0.703. The zero-order valence-corrected chi connectivity index (χ0v) is 10.1. The van der Waals surface area contributed by atoms with Crippen molar-refractivity contribution < 1.29 is 4.79 Å². The van der Waals surface area contributed by atoms with Crippen LogP contribution in [0.5, 0.6) is 0 Å². The Hall–Kier alpha value is -0.220. The van der Waals surface area contributed by atoms with Gasteiger partial charge in [-0.25, -0.2) is 0 Å². The summed E-state index contributed by atoms with van der Waals surface area (Å²) < 4.78 is 0. The number of hydrogen-bond donors (Lipinski definition) is 1. The highest BCUT2D eigenvalue weighted by atomic mass is 32.2. The molecule has 1 aliphatic heterocycles. The monoisotopic (exact) mass is 216 g/mol. The fourth-order valence-corrected chi connectivity index (χ4v) is 2.29. The second-order valence-corrected chi connectivity index (χ2v) is 4.78. The molecule has 0 bridgehead atoms. The first-order chi connectivity index (χ1) is 6.66. The van der Waals surface area contributed by atoms with Crippen LogP contribution in [0.25, 0.3) is 0 Å². The van der Waals surface area contributed by atoms with Crippen LogP contribution in [-0.4, -0.2) is 41.6 Å². The van der Waals surface area contributed by atoms with Gasteiger partial charge < -0.3 is 4.90 Å². The molecule has 2 atom stereocenters. The Morgan fingerprint density at radius 3 is 2.64 bits per heavy atom. The molecule has 1 amide bonds. The summed E-state index contributed by atoms with van der Waals surface area (Å²) in [4.78, 5) is 13.6. The third-order valence-electron chi connectivity index (χ3n) is 2.61. The second-order valence-electron chi connectivity index (χ2n) is 3.80. The fourth-order valence-electron chi connectivity index (χ4n) is 1.80. The number of hydrogen-bond acceptors (Lipinski definition) is 3. The maximum Gasteiger partial charge on any atom is 0.240 e. The summed E-state index contributed by atoms with van der Waals surface area (Å²) in [5.74, 6) is 1.45. The molecule has 0 aromatic rings. The molecule has 2 unspecified atom stereocenters. The highest BCUT2D eigenvalue weighted by Gasteiger charge is 2.32. The van der Waals surface area contributed by atoms with Crippen LogP contribution >= 0.6 is 11.8 Å². The maximum atomic E-state index is 11.6. The molecule has 14 heavy (non-hydrogen) atoms. The number of nitrogens with zero attached hydrogens (tertiary/aromatic N) is 1. The molecule has 1 rings (SSSR count). The number of nitrogens with one attached hydrogen (secondary N) is 1. The Kier molecular flexibility index (Phi) is 4.75. The molecule has 1 heterocycles. The van der Waals surface area contributed by atoms with E-state index in [1.165, 1.54) is 12.2 Å². The standard InChI is InChI=1S/C10H20N2OS/c1-8-10(13)12(9(2)11-8)6-4-5-7-14-3/h8-9,11H,4-7H2,1-3H3. The topological polar surface area (TPSA) is 32.3 Å². The van der Waals surface area contributed by atoms with E-state index in [0.717, 1.165) is 13.0 Å². The Balaban J connectivity index is 2.26. The number of amides is 1. The van der Waals surface area contributed by atoms with Gasteiger partial charge in [0.2, 0.25) is 5.91 Å². The van der Waals surface area contributed by atoms with E-state index in [0.29, 0.717) is 0 Å². The molecule has 4 heteroatoms. The van der Waals surface area contributed by atoms with Crippen LogP contribution in [-0.2, 0) is 4.79 Å². The van der Waals surface area contributed by atoms with Crippen LogP contribution in [0.3, 0.4) is 0 Å². The van der Waals surface area contributed by atoms with E-state index in [9.17, 15) is 4.79 Å². The lowest BCUT2D eigenvalue weighted by Crippen LogP contribution is -2.35. The summed E-state index contributed by atoms with van der Waals surface area (Å²) in [6.45, 7) is 4.88. The van der Waals surface area contributed by atoms with Gasteiger partial charge in [-0.2, -0.15) is 11.8 Å². The fraction of sp³-hybridized carbons (Fsp3) is 0.900. The van der Waals surface area contributed by atoms with E-state index in [-0.39, 0.29) is 18.1 Å². The van der Waals surface area contributed by atoms with E-state index in [1.807, 2.05) is 23.6 Å². The van der Waals surface area contributed by atoms with Gasteiger partial charge in [-0.15, -0.1) is 0 Å². The summed E-state index contributed by atoms with van der Waals surface area (Å²) in [6.07, 6.45) is 4.65. The summed E-state index contributed by atoms with van der Waals surface area (Å²) in [6, 6.07) is 0.00514. The Bertz CT molecular complexity index is 199. The van der Waals surface area contributed by atoms with Crippen LogP contribution in [0.15, 0.2) is 0 Å². The lowest BCUT2D eigenvalue weighted by Gasteiger charge is -2.20. The molecule has 0 saturated carbocycles. The predicted octanol–water partition coefficient (Wildman–Crippen LogP) is 1.30. The van der Waals surface area contributed by atoms with E-state index < -0.39 is 0 Å². The smallest absolute Gasteiger partial charge is 0.240 e. The first-order valence-electron chi connectivity index (χ1n) is 5.22. The highest BCUT2D eigenvalue weighted by Crippen LogP contribution is 2.11. The van der Waals surface area contributed by atoms with Crippen LogP contribution in [0.2, 0.25) is 0 Å². The second kappa shape index (κ2) is 5.61. The molecule has 1 N–H and O–H groups in total. The lowest BCUT2D eigenvalue weighted by atomic mass is 10.3. The van der Waals surface area contributed by atoms with Crippen molar-refractivity contribution in [3.8, 4) is 0 Å². The molecular formula is C10H20N2OS. The van der Waals surface area contributed by atoms with Crippen molar-refractivity contribution in [2.24, 2.45) is 0 Å². The third-order valence-corrected chi connectivity index (χ3v) is 3.31. The molecule has 0 aliphatic carbocycles. The normalized spacial score (nSPS) is 27.4. The van der Waals surface area contributed by atoms with Crippen LogP contribution in [0, 0.1) is 0 Å². The van der Waals surface area contributed by atoms with Gasteiger partial charge in [-0.3, -0.25) is 10.1 Å². The van der Waals surface area contributed by atoms with Crippen molar-refractivity contribution in [3.05, 3.63) is 0 Å². The van der Waals surface area contributed by atoms with Crippen LogP contribution in [0.4, 0.5) is 0 Å². The van der Waals surface area contributed by atoms with Crippen LogP contribution in [0.1, 0.15) is 26.7 Å². The van der Waals surface area contributed by atoms with Crippen molar-refractivity contribution in [3.63, 3.8) is 0 Å². The molecule has 82 valence electrons. The average Bonchev–Trinajstić information content (AvgIpc) is 2.38. The molecule has 0 radical (unpaired) electrons. The van der Waals surface area contributed by atoms with Gasteiger partial charge in [0, 0.05) is 6.54 Å². The van der Waals surface area contributed by atoms with Crippen molar-refractivity contribution in [1.29, 1.82) is 0 Å². The Morgan fingerprint density at radius 1 is 1.43 bits per heavy atom. The molecular weight excluding hydrogens is 196 g/mol. The van der Waals surface area contributed by atoms with Crippen LogP contribution < -0.4 is 5.32 Å². The molecule has 0 aromatic heterocycles. The minimum atomic E-state index is 0.00514. The highest BCUT2D eigenvalue weighted by molar-refractivity contribution is 7.98. The first-order valence-corrected chi connectivity index (χ1v) is 6.61. The Labute approximate surface area is 90.6 Å². The van der Waals surface area contributed by atoms with Crippen molar-refractivity contribution >= 4 is 17.7 Å². The number of thioether (sulfide) groups is 1. The minimum Gasteiger partial charge on any atom is -0.326 e. The summed E-state index contributed by atoms with van der Waals surface area (Å²) >= 11 is 1.87. The molecule has 1 fully saturated rings. The van der Waals surface area contributed by atoms with Gasteiger partial charge >= 0.3 is 0 Å². The predicted molar refractivity (Wildman–Crippen MR) is 61.4 cm³/mol. The Morgan fingerprint density at radius 2 is 2.14 bits per heavy atom. The van der Waals surface area contributed by atoms with Gasteiger partial charge in [0.05, 0.1) is 12.2 Å². The van der Waals surface area contributed by atoms with Crippen molar-refractivity contribution in [1.82, 2.24) is 10.2 Å². The van der Waals surface area contributed by atoms with Gasteiger partial charge in [-0.05, 0) is 38.7 Å². The van der Waals surface area contributed by atoms with Gasteiger partial charge in [0.1, 0.15) is 0 Å². The molecule has 1 aliphatic rings. The van der Waals surface area contributed by atoms with Gasteiger partial charge in [0.25, 0.3) is 0 Å². The van der Waals surface area contributed by atoms with E-state index in [4.69, 9.17) is 0 Å². The molecule has 0 spiro atoms. The number of carbonyl (C=O) groups excluding carboxylic acids is 1. The van der Waals surface area contributed by atoms with Crippen molar-refractivity contribution in [2.45, 2.75) is 38.9 Å². The van der Waals surface area contributed by atoms with Gasteiger partial charge in [0.15, 0.2) is 0 Å². The lowest BCUT2D eigenvalue weighted by molar-refractivity contribution is -0.129. The van der Waals surface area contributed by atoms with E-state index in [2.05, 4.69) is 18.5 Å². The van der Waals surface area contributed by atoms with Crippen molar-refractivity contribution in [2.75, 3.05) is 18.6 Å². The SMILES string of the molecule is CSCCCCN1C(=O)C(C)NC1C.